The predicted molar refractivity (Wildman–Crippen MR) is 130 cm³/mol. The Morgan fingerprint density at radius 3 is 2.76 bits per heavy atom. The van der Waals surface area contributed by atoms with Crippen molar-refractivity contribution in [1.82, 2.24) is 5.32 Å². The van der Waals surface area contributed by atoms with Gasteiger partial charge in [0.25, 0.3) is 0 Å². The Labute approximate surface area is 198 Å². The molecular formula is C26H38N2O4S. The maximum Gasteiger partial charge on any atom is 0.380 e. The SMILES string of the molecule is CCCCCCCNC(=O)C1=CC[C@H]2[C@@H]3CCc4cc(OS(N)(=O)=O)ccc4[C@H]3CC[C@]12C. The van der Waals surface area contributed by atoms with E-state index in [9.17, 15) is 13.2 Å². The second-order valence-corrected chi connectivity index (χ2v) is 11.5. The van der Waals surface area contributed by atoms with E-state index in [2.05, 4.69) is 25.2 Å². The van der Waals surface area contributed by atoms with Gasteiger partial charge in [-0.25, -0.2) is 0 Å². The average Bonchev–Trinajstić information content (AvgIpc) is 3.12. The van der Waals surface area contributed by atoms with E-state index in [1.165, 1.54) is 31.2 Å². The Morgan fingerprint density at radius 2 is 2.00 bits per heavy atom. The molecule has 6 nitrogen and oxygen atoms in total. The first kappa shape index (κ1) is 24.3. The molecule has 1 aromatic rings. The summed E-state index contributed by atoms with van der Waals surface area (Å²) in [6, 6.07) is 5.56. The molecule has 33 heavy (non-hydrogen) atoms. The fourth-order valence-electron chi connectivity index (χ4n) is 6.69. The molecule has 0 saturated heterocycles. The Kier molecular flexibility index (Phi) is 7.20. The zero-order valence-corrected chi connectivity index (χ0v) is 20.8. The van der Waals surface area contributed by atoms with Crippen LogP contribution in [-0.2, 0) is 21.5 Å². The van der Waals surface area contributed by atoms with E-state index in [1.807, 2.05) is 12.1 Å². The summed E-state index contributed by atoms with van der Waals surface area (Å²) < 4.78 is 27.5. The van der Waals surface area contributed by atoms with Crippen LogP contribution >= 0.6 is 0 Å². The molecule has 0 unspecified atom stereocenters. The largest absolute Gasteiger partial charge is 0.380 e. The number of fused-ring (bicyclic) bond motifs is 5. The van der Waals surface area contributed by atoms with Crippen molar-refractivity contribution in [3.8, 4) is 5.75 Å². The van der Waals surface area contributed by atoms with Crippen molar-refractivity contribution in [2.75, 3.05) is 6.54 Å². The van der Waals surface area contributed by atoms with Crippen molar-refractivity contribution in [3.05, 3.63) is 41.0 Å². The standard InChI is InChI=1S/C26H38N2O4S/c1-3-4-5-6-7-16-28-25(29)24-13-12-23-22-10-8-18-17-19(32-33(27,30)31)9-11-20(18)21(22)14-15-26(23,24)2/h9,11,13,17,21-23H,3-8,10,12,14-16H2,1-2H3,(H,28,29)(H2,27,30,31)/t21-,22-,23+,26+/m1/s1. The van der Waals surface area contributed by atoms with Crippen LogP contribution in [0.5, 0.6) is 5.75 Å². The maximum atomic E-state index is 13.1. The minimum Gasteiger partial charge on any atom is -0.371 e. The van der Waals surface area contributed by atoms with Crippen LogP contribution in [0.2, 0.25) is 0 Å². The van der Waals surface area contributed by atoms with E-state index in [4.69, 9.17) is 9.32 Å². The summed E-state index contributed by atoms with van der Waals surface area (Å²) in [6.45, 7) is 5.28. The molecule has 1 amide bonds. The van der Waals surface area contributed by atoms with Crippen LogP contribution in [0.3, 0.4) is 0 Å². The molecule has 3 aliphatic rings. The number of nitrogens with two attached hydrogens (primary N) is 1. The van der Waals surface area contributed by atoms with Gasteiger partial charge in [-0.15, -0.1) is 0 Å². The van der Waals surface area contributed by atoms with Gasteiger partial charge in [-0.2, -0.15) is 13.6 Å². The first-order chi connectivity index (χ1) is 15.7. The topological polar surface area (TPSA) is 98.5 Å². The molecule has 0 heterocycles. The first-order valence-corrected chi connectivity index (χ1v) is 14.0. The quantitative estimate of drug-likeness (QED) is 0.505. The highest BCUT2D eigenvalue weighted by atomic mass is 32.2. The Hall–Kier alpha value is -1.86. The smallest absolute Gasteiger partial charge is 0.371 e. The van der Waals surface area contributed by atoms with Crippen molar-refractivity contribution in [2.45, 2.75) is 84.0 Å². The van der Waals surface area contributed by atoms with E-state index >= 15 is 0 Å². The molecule has 4 rings (SSSR count). The highest BCUT2D eigenvalue weighted by Gasteiger charge is 2.53. The molecule has 3 aliphatic carbocycles. The summed E-state index contributed by atoms with van der Waals surface area (Å²) in [7, 11) is -4.02. The summed E-state index contributed by atoms with van der Waals surface area (Å²) in [6.07, 6.45) is 13.2. The third-order valence-electron chi connectivity index (χ3n) is 8.30. The van der Waals surface area contributed by atoms with E-state index in [0.29, 0.717) is 17.8 Å². The summed E-state index contributed by atoms with van der Waals surface area (Å²) in [5, 5.41) is 8.22. The molecule has 3 N–H and O–H groups in total. The van der Waals surface area contributed by atoms with Crippen LogP contribution in [0.25, 0.3) is 0 Å². The Balaban J connectivity index is 1.41. The number of unbranched alkanes of at least 4 members (excludes halogenated alkanes) is 4. The summed E-state index contributed by atoms with van der Waals surface area (Å²) in [5.41, 5.74) is 3.41. The lowest BCUT2D eigenvalue weighted by molar-refractivity contribution is -0.119. The zero-order valence-electron chi connectivity index (χ0n) is 19.9. The van der Waals surface area contributed by atoms with Crippen LogP contribution in [0.15, 0.2) is 29.8 Å². The van der Waals surface area contributed by atoms with Crippen molar-refractivity contribution in [1.29, 1.82) is 0 Å². The first-order valence-electron chi connectivity index (χ1n) is 12.6. The van der Waals surface area contributed by atoms with Gasteiger partial charge in [0.05, 0.1) is 0 Å². The molecular weight excluding hydrogens is 436 g/mol. The van der Waals surface area contributed by atoms with Crippen molar-refractivity contribution >= 4 is 16.2 Å². The number of benzene rings is 1. The molecule has 1 aromatic carbocycles. The molecule has 0 aliphatic heterocycles. The van der Waals surface area contributed by atoms with Crippen LogP contribution < -0.4 is 14.6 Å². The zero-order chi connectivity index (χ0) is 23.6. The summed E-state index contributed by atoms with van der Waals surface area (Å²) >= 11 is 0. The summed E-state index contributed by atoms with van der Waals surface area (Å²) in [4.78, 5) is 13.1. The van der Waals surface area contributed by atoms with Gasteiger partial charge >= 0.3 is 10.3 Å². The van der Waals surface area contributed by atoms with Gasteiger partial charge in [0.2, 0.25) is 5.91 Å². The molecule has 4 atom stereocenters. The number of rotatable bonds is 9. The van der Waals surface area contributed by atoms with Gasteiger partial charge in [0, 0.05) is 17.5 Å². The number of hydrogen-bond donors (Lipinski definition) is 2. The third kappa shape index (κ3) is 5.14. The fourth-order valence-corrected chi connectivity index (χ4v) is 7.06. The van der Waals surface area contributed by atoms with Gasteiger partial charge in [-0.05, 0) is 79.5 Å². The Bertz CT molecular complexity index is 1020. The molecule has 0 bridgehead atoms. The highest BCUT2D eigenvalue weighted by Crippen LogP contribution is 2.61. The van der Waals surface area contributed by atoms with E-state index < -0.39 is 10.3 Å². The lowest BCUT2D eigenvalue weighted by Gasteiger charge is -2.50. The number of carbonyl (C=O) groups is 1. The maximum absolute atomic E-state index is 13.1. The lowest BCUT2D eigenvalue weighted by Crippen LogP contribution is -2.44. The molecule has 1 saturated carbocycles. The average molecular weight is 475 g/mol. The molecule has 0 aromatic heterocycles. The molecule has 0 spiro atoms. The number of nitrogens with one attached hydrogen (secondary N) is 1. The van der Waals surface area contributed by atoms with E-state index in [0.717, 1.165) is 56.2 Å². The molecule has 1 fully saturated rings. The second kappa shape index (κ2) is 9.79. The predicted octanol–water partition coefficient (Wildman–Crippen LogP) is 4.75. The minimum absolute atomic E-state index is 0.0539. The van der Waals surface area contributed by atoms with Crippen LogP contribution in [-0.4, -0.2) is 20.9 Å². The number of allylic oxidation sites excluding steroid dienone is 1. The fraction of sp³-hybridized carbons (Fsp3) is 0.654. The second-order valence-electron chi connectivity index (χ2n) is 10.3. The van der Waals surface area contributed by atoms with Crippen molar-refractivity contribution < 1.29 is 17.4 Å². The van der Waals surface area contributed by atoms with Gasteiger partial charge in [0.1, 0.15) is 5.75 Å². The summed E-state index contributed by atoms with van der Waals surface area (Å²) in [5.74, 6) is 1.89. The molecule has 7 heteroatoms. The van der Waals surface area contributed by atoms with Crippen LogP contribution in [0.4, 0.5) is 0 Å². The third-order valence-corrected chi connectivity index (χ3v) is 8.73. The number of carbonyl (C=O) groups excluding carboxylic acids is 1. The number of hydrogen-bond acceptors (Lipinski definition) is 4. The van der Waals surface area contributed by atoms with Gasteiger partial charge < -0.3 is 9.50 Å². The Morgan fingerprint density at radius 1 is 1.21 bits per heavy atom. The lowest BCUT2D eigenvalue weighted by atomic mass is 9.54. The normalized spacial score (nSPS) is 28.3. The highest BCUT2D eigenvalue weighted by molar-refractivity contribution is 7.84. The van der Waals surface area contributed by atoms with E-state index in [-0.39, 0.29) is 17.1 Å². The van der Waals surface area contributed by atoms with Crippen LogP contribution in [0.1, 0.15) is 88.7 Å². The van der Waals surface area contributed by atoms with Crippen molar-refractivity contribution in [3.63, 3.8) is 0 Å². The van der Waals surface area contributed by atoms with Crippen molar-refractivity contribution in [2.24, 2.45) is 22.4 Å². The number of amides is 1. The van der Waals surface area contributed by atoms with Crippen LogP contribution in [0, 0.1) is 17.3 Å². The monoisotopic (exact) mass is 474 g/mol. The number of aryl methyl sites for hydroxylation is 1. The minimum atomic E-state index is -4.02. The van der Waals surface area contributed by atoms with Gasteiger partial charge in [-0.1, -0.05) is 51.7 Å². The van der Waals surface area contributed by atoms with E-state index in [1.54, 1.807) is 6.07 Å². The van der Waals surface area contributed by atoms with Gasteiger partial charge in [-0.3, -0.25) is 4.79 Å². The van der Waals surface area contributed by atoms with Gasteiger partial charge in [0.15, 0.2) is 0 Å². The molecule has 0 radical (unpaired) electrons. The molecule has 182 valence electrons.